The predicted octanol–water partition coefficient (Wildman–Crippen LogP) is 3.95. The van der Waals surface area contributed by atoms with Crippen molar-refractivity contribution in [3.63, 3.8) is 0 Å². The van der Waals surface area contributed by atoms with Gasteiger partial charge in [0, 0.05) is 36.7 Å². The van der Waals surface area contributed by atoms with Gasteiger partial charge in [0.2, 0.25) is 0 Å². The molecule has 0 spiro atoms. The number of benzene rings is 1. The molecule has 2 amide bonds. The highest BCUT2D eigenvalue weighted by atomic mass is 35.5. The van der Waals surface area contributed by atoms with E-state index in [9.17, 15) is 4.79 Å². The molecule has 1 aromatic carbocycles. The molecule has 128 valence electrons. The van der Waals surface area contributed by atoms with Gasteiger partial charge in [0.25, 0.3) is 0 Å². The van der Waals surface area contributed by atoms with Crippen molar-refractivity contribution in [2.24, 2.45) is 0 Å². The van der Waals surface area contributed by atoms with E-state index in [2.05, 4.69) is 27.5 Å². The molecule has 1 aliphatic heterocycles. The molecule has 2 aromatic rings. The summed E-state index contributed by atoms with van der Waals surface area (Å²) in [6.07, 6.45) is 1.86. The Labute approximate surface area is 151 Å². The predicted molar refractivity (Wildman–Crippen MR) is 97.7 cm³/mol. The minimum atomic E-state index is -0.147. The molecular formula is C18H21ClN2O2S. The van der Waals surface area contributed by atoms with Crippen LogP contribution in [0.1, 0.15) is 24.0 Å². The Kier molecular flexibility index (Phi) is 5.76. The molecule has 4 nitrogen and oxygen atoms in total. The van der Waals surface area contributed by atoms with Crippen LogP contribution < -0.4 is 10.6 Å². The lowest BCUT2D eigenvalue weighted by atomic mass is 9.75. The quantitative estimate of drug-likeness (QED) is 0.844. The van der Waals surface area contributed by atoms with Crippen LogP contribution in [0, 0.1) is 0 Å². The largest absolute Gasteiger partial charge is 0.381 e. The molecule has 1 saturated heterocycles. The fourth-order valence-electron chi connectivity index (χ4n) is 2.99. The van der Waals surface area contributed by atoms with Gasteiger partial charge in [0.1, 0.15) is 0 Å². The second kappa shape index (κ2) is 8.01. The van der Waals surface area contributed by atoms with Crippen molar-refractivity contribution < 1.29 is 9.53 Å². The molecule has 2 N–H and O–H groups in total. The van der Waals surface area contributed by atoms with E-state index < -0.39 is 0 Å². The van der Waals surface area contributed by atoms with Crippen LogP contribution in [0.25, 0.3) is 0 Å². The minimum Gasteiger partial charge on any atom is -0.381 e. The van der Waals surface area contributed by atoms with Crippen molar-refractivity contribution in [2.45, 2.75) is 24.8 Å². The summed E-state index contributed by atoms with van der Waals surface area (Å²) in [5.74, 6) is 0. The maximum absolute atomic E-state index is 12.2. The molecule has 0 aliphatic carbocycles. The third kappa shape index (κ3) is 4.29. The highest BCUT2D eigenvalue weighted by molar-refractivity contribution is 7.08. The Bertz CT molecular complexity index is 652. The number of rotatable bonds is 5. The molecule has 1 aromatic heterocycles. The summed E-state index contributed by atoms with van der Waals surface area (Å²) in [7, 11) is 0. The van der Waals surface area contributed by atoms with Crippen LogP contribution in [0.2, 0.25) is 5.02 Å². The van der Waals surface area contributed by atoms with Gasteiger partial charge in [-0.15, -0.1) is 0 Å². The van der Waals surface area contributed by atoms with Crippen molar-refractivity contribution in [3.05, 3.63) is 57.2 Å². The molecule has 0 unspecified atom stereocenters. The summed E-state index contributed by atoms with van der Waals surface area (Å²) in [5.41, 5.74) is 2.30. The van der Waals surface area contributed by atoms with Crippen molar-refractivity contribution >= 4 is 29.0 Å². The minimum absolute atomic E-state index is 0.0180. The van der Waals surface area contributed by atoms with Crippen LogP contribution >= 0.6 is 22.9 Å². The molecule has 1 fully saturated rings. The molecule has 0 bridgehead atoms. The molecule has 0 atom stereocenters. The van der Waals surface area contributed by atoms with Crippen LogP contribution in [-0.4, -0.2) is 25.8 Å². The Balaban J connectivity index is 1.54. The van der Waals surface area contributed by atoms with Crippen LogP contribution in [0.4, 0.5) is 4.79 Å². The Morgan fingerprint density at radius 1 is 1.17 bits per heavy atom. The number of halogens is 1. The summed E-state index contributed by atoms with van der Waals surface area (Å²) < 4.78 is 5.51. The van der Waals surface area contributed by atoms with Crippen LogP contribution in [0.3, 0.4) is 0 Å². The Morgan fingerprint density at radius 2 is 1.92 bits per heavy atom. The molecule has 24 heavy (non-hydrogen) atoms. The lowest BCUT2D eigenvalue weighted by Gasteiger charge is -2.37. The molecule has 6 heteroatoms. The monoisotopic (exact) mass is 364 g/mol. The van der Waals surface area contributed by atoms with E-state index in [-0.39, 0.29) is 11.4 Å². The first-order valence-electron chi connectivity index (χ1n) is 8.05. The van der Waals surface area contributed by atoms with E-state index in [0.717, 1.165) is 31.6 Å². The average molecular weight is 365 g/mol. The fraction of sp³-hybridized carbons (Fsp3) is 0.389. The molecular weight excluding hydrogens is 344 g/mol. The maximum atomic E-state index is 12.2. The van der Waals surface area contributed by atoms with Crippen molar-refractivity contribution in [1.82, 2.24) is 10.6 Å². The van der Waals surface area contributed by atoms with E-state index in [1.165, 1.54) is 5.56 Å². The lowest BCUT2D eigenvalue weighted by molar-refractivity contribution is 0.0508. The first-order valence-corrected chi connectivity index (χ1v) is 9.37. The van der Waals surface area contributed by atoms with Gasteiger partial charge in [-0.2, -0.15) is 11.3 Å². The number of hydrogen-bond acceptors (Lipinski definition) is 3. The standard InChI is InChI=1S/C18H21ClN2O2S/c19-16-3-1-14(2-4-16)11-20-17(22)21-13-18(6-8-23-9-7-18)15-5-10-24-12-15/h1-5,10,12H,6-9,11,13H2,(H2,20,21,22). The number of thiophene rings is 1. The van der Waals surface area contributed by atoms with Gasteiger partial charge in [-0.3, -0.25) is 0 Å². The molecule has 0 radical (unpaired) electrons. The topological polar surface area (TPSA) is 50.4 Å². The highest BCUT2D eigenvalue weighted by Crippen LogP contribution is 2.35. The van der Waals surface area contributed by atoms with Gasteiger partial charge in [-0.1, -0.05) is 23.7 Å². The van der Waals surface area contributed by atoms with Crippen LogP contribution in [0.5, 0.6) is 0 Å². The first-order chi connectivity index (χ1) is 11.7. The summed E-state index contributed by atoms with van der Waals surface area (Å²) >= 11 is 7.56. The third-order valence-electron chi connectivity index (χ3n) is 4.54. The Morgan fingerprint density at radius 3 is 2.58 bits per heavy atom. The van der Waals surface area contributed by atoms with Crippen LogP contribution in [-0.2, 0) is 16.7 Å². The number of hydrogen-bond donors (Lipinski definition) is 2. The smallest absolute Gasteiger partial charge is 0.315 e. The second-order valence-electron chi connectivity index (χ2n) is 6.07. The van der Waals surface area contributed by atoms with E-state index in [4.69, 9.17) is 16.3 Å². The van der Waals surface area contributed by atoms with Gasteiger partial charge >= 0.3 is 6.03 Å². The Hall–Kier alpha value is -1.56. The van der Waals surface area contributed by atoms with Gasteiger partial charge < -0.3 is 15.4 Å². The zero-order chi connectivity index (χ0) is 16.8. The lowest BCUT2D eigenvalue weighted by Crippen LogP contribution is -2.47. The fourth-order valence-corrected chi connectivity index (χ4v) is 3.90. The van der Waals surface area contributed by atoms with Crippen molar-refractivity contribution in [2.75, 3.05) is 19.8 Å². The number of ether oxygens (including phenoxy) is 1. The van der Waals surface area contributed by atoms with Gasteiger partial charge in [0.05, 0.1) is 0 Å². The SMILES string of the molecule is O=C(NCc1ccc(Cl)cc1)NCC1(c2ccsc2)CCOCC1. The summed E-state index contributed by atoms with van der Waals surface area (Å²) in [5, 5.41) is 10.9. The number of carbonyl (C=O) groups is 1. The summed E-state index contributed by atoms with van der Waals surface area (Å²) in [6.45, 7) is 2.59. The zero-order valence-electron chi connectivity index (χ0n) is 13.4. The van der Waals surface area contributed by atoms with E-state index in [0.29, 0.717) is 18.1 Å². The van der Waals surface area contributed by atoms with Gasteiger partial charge in [0.15, 0.2) is 0 Å². The number of urea groups is 1. The molecule has 0 saturated carbocycles. The maximum Gasteiger partial charge on any atom is 0.315 e. The second-order valence-corrected chi connectivity index (χ2v) is 7.28. The first kappa shape index (κ1) is 17.3. The van der Waals surface area contributed by atoms with Gasteiger partial charge in [-0.05, 0) is 52.9 Å². The van der Waals surface area contributed by atoms with E-state index in [1.54, 1.807) is 11.3 Å². The normalized spacial score (nSPS) is 16.5. The number of amides is 2. The van der Waals surface area contributed by atoms with Crippen molar-refractivity contribution in [3.8, 4) is 0 Å². The summed E-state index contributed by atoms with van der Waals surface area (Å²) in [6, 6.07) is 9.48. The van der Waals surface area contributed by atoms with Crippen LogP contribution in [0.15, 0.2) is 41.1 Å². The average Bonchev–Trinajstić information content (AvgIpc) is 3.16. The van der Waals surface area contributed by atoms with E-state index in [1.807, 2.05) is 24.3 Å². The molecule has 2 heterocycles. The summed E-state index contributed by atoms with van der Waals surface area (Å²) in [4.78, 5) is 12.2. The zero-order valence-corrected chi connectivity index (χ0v) is 15.0. The number of nitrogens with one attached hydrogen (secondary N) is 2. The van der Waals surface area contributed by atoms with E-state index >= 15 is 0 Å². The number of carbonyl (C=O) groups excluding carboxylic acids is 1. The third-order valence-corrected chi connectivity index (χ3v) is 5.47. The van der Waals surface area contributed by atoms with Gasteiger partial charge in [-0.25, -0.2) is 4.79 Å². The highest BCUT2D eigenvalue weighted by Gasteiger charge is 2.35. The van der Waals surface area contributed by atoms with Crippen molar-refractivity contribution in [1.29, 1.82) is 0 Å². The molecule has 1 aliphatic rings. The molecule has 3 rings (SSSR count).